The van der Waals surface area contributed by atoms with Gasteiger partial charge in [-0.25, -0.2) is 0 Å². The first-order valence-electron chi connectivity index (χ1n) is 8.87. The number of halogens is 3. The van der Waals surface area contributed by atoms with Gasteiger partial charge in [-0.1, -0.05) is 36.2 Å². The number of amidine groups is 1. The topological polar surface area (TPSA) is 73.8 Å². The van der Waals surface area contributed by atoms with Crippen molar-refractivity contribution in [1.29, 1.82) is 0 Å². The van der Waals surface area contributed by atoms with E-state index in [1.54, 1.807) is 19.2 Å². The van der Waals surface area contributed by atoms with Gasteiger partial charge in [0.2, 0.25) is 0 Å². The predicted octanol–water partition coefficient (Wildman–Crippen LogP) is 4.71. The zero-order chi connectivity index (χ0) is 21.6. The fourth-order valence-electron chi connectivity index (χ4n) is 2.89. The lowest BCUT2D eigenvalue weighted by molar-refractivity contribution is -0.274. The largest absolute Gasteiger partial charge is 0.772 e. The van der Waals surface area contributed by atoms with Crippen LogP contribution in [0.5, 0.6) is 5.75 Å². The maximum atomic E-state index is 12.4. The standard InChI is InChI=1S/C20H23F3N2O3S/c1-4-19(24-3)25-18-8-13(2)15(11-16(18)12-29(26)27)9-14-6-5-7-17(10-14)28-20(21,22)23/h5-8,10-11H,4,9,12H2,1-3H3,(H,24,25)(H,26,27)/p-1. The molecule has 29 heavy (non-hydrogen) atoms. The van der Waals surface area contributed by atoms with Gasteiger partial charge < -0.3 is 14.6 Å². The molecule has 0 aliphatic rings. The molecule has 0 aliphatic heterocycles. The number of aryl methyl sites for hydroxylation is 1. The Kier molecular flexibility index (Phi) is 7.80. The SMILES string of the molecule is CCC(=NC)Nc1cc(C)c(Cc2cccc(OC(F)(F)F)c2)cc1CS(=O)[O-]. The van der Waals surface area contributed by atoms with E-state index in [1.807, 2.05) is 19.9 Å². The van der Waals surface area contributed by atoms with Crippen molar-refractivity contribution in [3.63, 3.8) is 0 Å². The summed E-state index contributed by atoms with van der Waals surface area (Å²) >= 11 is -2.30. The highest BCUT2D eigenvalue weighted by atomic mass is 32.2. The number of anilines is 1. The fourth-order valence-corrected chi connectivity index (χ4v) is 3.38. The highest BCUT2D eigenvalue weighted by molar-refractivity contribution is 7.78. The molecule has 9 heteroatoms. The van der Waals surface area contributed by atoms with E-state index in [1.165, 1.54) is 18.2 Å². The van der Waals surface area contributed by atoms with Crippen molar-refractivity contribution in [1.82, 2.24) is 0 Å². The molecule has 0 radical (unpaired) electrons. The molecule has 0 aliphatic carbocycles. The number of nitrogens with zero attached hydrogens (tertiary/aromatic N) is 1. The first-order chi connectivity index (χ1) is 13.6. The molecule has 0 bridgehead atoms. The van der Waals surface area contributed by atoms with E-state index in [0.717, 1.165) is 11.1 Å². The van der Waals surface area contributed by atoms with Crippen molar-refractivity contribution in [3.8, 4) is 5.75 Å². The van der Waals surface area contributed by atoms with Crippen LogP contribution in [0.2, 0.25) is 0 Å². The van der Waals surface area contributed by atoms with Crippen molar-refractivity contribution >= 4 is 22.6 Å². The smallest absolute Gasteiger partial charge is 0.573 e. The van der Waals surface area contributed by atoms with Gasteiger partial charge in [0.05, 0.1) is 0 Å². The molecule has 2 aromatic rings. The summed E-state index contributed by atoms with van der Waals surface area (Å²) in [6.45, 7) is 3.79. The van der Waals surface area contributed by atoms with E-state index in [0.29, 0.717) is 35.5 Å². The second-order valence-electron chi connectivity index (χ2n) is 6.40. The molecule has 1 N–H and O–H groups in total. The number of rotatable bonds is 7. The predicted molar refractivity (Wildman–Crippen MR) is 107 cm³/mol. The lowest BCUT2D eigenvalue weighted by atomic mass is 9.97. The van der Waals surface area contributed by atoms with E-state index in [2.05, 4.69) is 15.0 Å². The van der Waals surface area contributed by atoms with Crippen LogP contribution in [0.15, 0.2) is 41.4 Å². The van der Waals surface area contributed by atoms with Crippen LogP contribution in [0.1, 0.15) is 35.6 Å². The molecule has 0 fully saturated rings. The van der Waals surface area contributed by atoms with Gasteiger partial charge in [-0.15, -0.1) is 13.2 Å². The van der Waals surface area contributed by atoms with Crippen molar-refractivity contribution in [2.24, 2.45) is 4.99 Å². The highest BCUT2D eigenvalue weighted by Gasteiger charge is 2.31. The molecule has 0 heterocycles. The van der Waals surface area contributed by atoms with Gasteiger partial charge in [0.1, 0.15) is 11.6 Å². The van der Waals surface area contributed by atoms with E-state index < -0.39 is 17.4 Å². The Bertz CT molecular complexity index is 914. The molecule has 1 unspecified atom stereocenters. The van der Waals surface area contributed by atoms with Gasteiger partial charge in [-0.2, -0.15) is 0 Å². The number of ether oxygens (including phenoxy) is 1. The van der Waals surface area contributed by atoms with Crippen LogP contribution >= 0.6 is 0 Å². The van der Waals surface area contributed by atoms with Crippen LogP contribution in [0.3, 0.4) is 0 Å². The van der Waals surface area contributed by atoms with Gasteiger partial charge in [-0.3, -0.25) is 9.20 Å². The normalized spacial score (nSPS) is 13.3. The fraction of sp³-hybridized carbons (Fsp3) is 0.350. The van der Waals surface area contributed by atoms with Crippen LogP contribution < -0.4 is 10.1 Å². The summed E-state index contributed by atoms with van der Waals surface area (Å²) in [5, 5.41) is 3.15. The Hall–Kier alpha value is -2.39. The monoisotopic (exact) mass is 427 g/mol. The number of hydrogen-bond donors (Lipinski definition) is 1. The average molecular weight is 427 g/mol. The third-order valence-electron chi connectivity index (χ3n) is 4.25. The molecule has 1 atom stereocenters. The van der Waals surface area contributed by atoms with Crippen LogP contribution in [-0.2, 0) is 23.3 Å². The Labute approximate surface area is 170 Å². The number of benzene rings is 2. The minimum absolute atomic E-state index is 0.187. The van der Waals surface area contributed by atoms with E-state index in [-0.39, 0.29) is 11.5 Å². The minimum atomic E-state index is -4.76. The van der Waals surface area contributed by atoms with Crippen LogP contribution in [0.25, 0.3) is 0 Å². The molecular weight excluding hydrogens is 405 g/mol. The van der Waals surface area contributed by atoms with Gasteiger partial charge in [0.25, 0.3) is 0 Å². The highest BCUT2D eigenvalue weighted by Crippen LogP contribution is 2.27. The second-order valence-corrected chi connectivity index (χ2v) is 7.30. The summed E-state index contributed by atoms with van der Waals surface area (Å²) in [7, 11) is 1.65. The first kappa shape index (κ1) is 22.9. The molecule has 0 saturated carbocycles. The van der Waals surface area contributed by atoms with Crippen molar-refractivity contribution in [2.75, 3.05) is 12.4 Å². The van der Waals surface area contributed by atoms with Crippen molar-refractivity contribution < 1.29 is 26.7 Å². The lowest BCUT2D eigenvalue weighted by Gasteiger charge is -2.18. The van der Waals surface area contributed by atoms with Crippen LogP contribution in [0, 0.1) is 6.92 Å². The molecule has 0 aromatic heterocycles. The molecule has 158 valence electrons. The molecular formula is C20H22F3N2O3S-. The van der Waals surface area contributed by atoms with Gasteiger partial charge >= 0.3 is 6.36 Å². The van der Waals surface area contributed by atoms with Crippen molar-refractivity contribution in [2.45, 2.75) is 38.8 Å². The van der Waals surface area contributed by atoms with Gasteiger partial charge in [0.15, 0.2) is 0 Å². The quantitative estimate of drug-likeness (QED) is 0.394. The zero-order valence-electron chi connectivity index (χ0n) is 16.3. The Morgan fingerprint density at radius 2 is 1.97 bits per heavy atom. The number of nitrogens with one attached hydrogen (secondary N) is 1. The minimum Gasteiger partial charge on any atom is -0.772 e. The Balaban J connectivity index is 2.36. The number of alkyl halides is 3. The van der Waals surface area contributed by atoms with Crippen molar-refractivity contribution in [3.05, 3.63) is 58.7 Å². The third-order valence-corrected chi connectivity index (χ3v) is 4.79. The molecule has 0 saturated heterocycles. The summed E-state index contributed by atoms with van der Waals surface area (Å²) in [6, 6.07) is 9.32. The molecule has 0 amide bonds. The zero-order valence-corrected chi connectivity index (χ0v) is 17.1. The molecule has 2 aromatic carbocycles. The first-order valence-corrected chi connectivity index (χ1v) is 10.1. The summed E-state index contributed by atoms with van der Waals surface area (Å²) in [5.74, 6) is 0.235. The number of aliphatic imine (C=N–C) groups is 1. The second kappa shape index (κ2) is 9.89. The lowest BCUT2D eigenvalue weighted by Crippen LogP contribution is -2.17. The average Bonchev–Trinajstić information content (AvgIpc) is 2.61. The van der Waals surface area contributed by atoms with Gasteiger partial charge in [0, 0.05) is 24.9 Å². The van der Waals surface area contributed by atoms with Crippen LogP contribution in [0.4, 0.5) is 18.9 Å². The Morgan fingerprint density at radius 1 is 1.24 bits per heavy atom. The summed E-state index contributed by atoms with van der Waals surface area (Å²) < 4.78 is 63.9. The van der Waals surface area contributed by atoms with E-state index in [4.69, 9.17) is 0 Å². The third kappa shape index (κ3) is 7.17. The van der Waals surface area contributed by atoms with Crippen LogP contribution in [-0.4, -0.2) is 28.0 Å². The number of hydrogen-bond acceptors (Lipinski definition) is 4. The van der Waals surface area contributed by atoms with E-state index >= 15 is 0 Å². The molecule has 5 nitrogen and oxygen atoms in total. The molecule has 0 spiro atoms. The van der Waals surface area contributed by atoms with E-state index in [9.17, 15) is 21.9 Å². The maximum absolute atomic E-state index is 12.4. The molecule has 2 rings (SSSR count). The van der Waals surface area contributed by atoms with Gasteiger partial charge in [-0.05, 0) is 53.8 Å². The maximum Gasteiger partial charge on any atom is 0.573 e. The summed E-state index contributed by atoms with van der Waals surface area (Å²) in [4.78, 5) is 4.13. The Morgan fingerprint density at radius 3 is 2.55 bits per heavy atom. The summed E-state index contributed by atoms with van der Waals surface area (Å²) in [5.41, 5.74) is 3.52. The summed E-state index contributed by atoms with van der Waals surface area (Å²) in [6.07, 6.45) is -3.77.